The molecule has 1 aliphatic carbocycles. The quantitative estimate of drug-likeness (QED) is 0.736. The molecule has 8 heteroatoms. The van der Waals surface area contributed by atoms with Crippen molar-refractivity contribution in [3.8, 4) is 0 Å². The summed E-state index contributed by atoms with van der Waals surface area (Å²) in [7, 11) is -1.33. The zero-order valence-electron chi connectivity index (χ0n) is 14.9. The zero-order chi connectivity index (χ0) is 19.1. The molecule has 2 atom stereocenters. The molecule has 1 aromatic rings. The Morgan fingerprint density at radius 3 is 2.54 bits per heavy atom. The minimum absolute atomic E-state index is 0.0801. The molecular formula is C18H24N2O5S. The molecule has 26 heavy (non-hydrogen) atoms. The van der Waals surface area contributed by atoms with Gasteiger partial charge >= 0.3 is 12.0 Å². The van der Waals surface area contributed by atoms with Crippen LogP contribution in [-0.2, 0) is 20.3 Å². The largest absolute Gasteiger partial charge is 0.449 e. The maximum atomic E-state index is 12.3. The second-order valence-corrected chi connectivity index (χ2v) is 7.83. The van der Waals surface area contributed by atoms with Gasteiger partial charge in [-0.1, -0.05) is 31.9 Å². The third kappa shape index (κ3) is 5.39. The number of carbonyl (C=O) groups is 3. The molecule has 0 unspecified atom stereocenters. The molecule has 0 aromatic heterocycles. The maximum absolute atomic E-state index is 12.3. The van der Waals surface area contributed by atoms with E-state index in [1.807, 2.05) is 0 Å². The molecule has 1 aromatic carbocycles. The summed E-state index contributed by atoms with van der Waals surface area (Å²) < 4.78 is 17.2. The van der Waals surface area contributed by atoms with E-state index in [0.29, 0.717) is 10.6 Å². The molecular weight excluding hydrogens is 356 g/mol. The Balaban J connectivity index is 1.93. The summed E-state index contributed by atoms with van der Waals surface area (Å²) in [6.07, 6.45) is 2.77. The van der Waals surface area contributed by atoms with Crippen LogP contribution in [0.2, 0.25) is 0 Å². The number of nitrogens with one attached hydrogen (secondary N) is 2. The van der Waals surface area contributed by atoms with Gasteiger partial charge in [0.2, 0.25) is 0 Å². The maximum Gasteiger partial charge on any atom is 0.340 e. The van der Waals surface area contributed by atoms with Gasteiger partial charge in [0.25, 0.3) is 5.91 Å². The molecule has 3 amide bonds. The van der Waals surface area contributed by atoms with Gasteiger partial charge in [0, 0.05) is 11.8 Å². The first kappa shape index (κ1) is 20.1. The van der Waals surface area contributed by atoms with E-state index in [-0.39, 0.29) is 11.6 Å². The van der Waals surface area contributed by atoms with Crippen molar-refractivity contribution in [1.29, 1.82) is 0 Å². The topological polar surface area (TPSA) is 102 Å². The van der Waals surface area contributed by atoms with Crippen LogP contribution in [0.25, 0.3) is 0 Å². The minimum atomic E-state index is -1.33. The number of hydrogen-bond donors (Lipinski definition) is 2. The second-order valence-electron chi connectivity index (χ2n) is 6.12. The fraction of sp³-hybridized carbons (Fsp3) is 0.500. The van der Waals surface area contributed by atoms with Crippen LogP contribution in [0.15, 0.2) is 29.2 Å². The summed E-state index contributed by atoms with van der Waals surface area (Å²) in [6.45, 7) is 3.13. The summed E-state index contributed by atoms with van der Waals surface area (Å²) in [4.78, 5) is 36.6. The third-order valence-corrected chi connectivity index (χ3v) is 5.57. The minimum Gasteiger partial charge on any atom is -0.449 e. The van der Waals surface area contributed by atoms with Gasteiger partial charge in [-0.25, -0.2) is 9.59 Å². The lowest BCUT2D eigenvalue weighted by Gasteiger charge is -2.16. The fourth-order valence-electron chi connectivity index (χ4n) is 2.77. The molecule has 2 N–H and O–H groups in total. The van der Waals surface area contributed by atoms with Gasteiger partial charge in [-0.15, -0.1) is 0 Å². The average molecular weight is 380 g/mol. The van der Waals surface area contributed by atoms with Gasteiger partial charge in [-0.3, -0.25) is 14.3 Å². The monoisotopic (exact) mass is 380 g/mol. The number of imide groups is 1. The third-order valence-electron chi connectivity index (χ3n) is 4.19. The van der Waals surface area contributed by atoms with Crippen molar-refractivity contribution >= 4 is 28.7 Å². The zero-order valence-corrected chi connectivity index (χ0v) is 15.8. The van der Waals surface area contributed by atoms with Crippen molar-refractivity contribution in [2.75, 3.05) is 5.75 Å². The Kier molecular flexibility index (Phi) is 7.32. The highest BCUT2D eigenvalue weighted by Crippen LogP contribution is 2.17. The lowest BCUT2D eigenvalue weighted by molar-refractivity contribution is -0.127. The Hall–Kier alpha value is -2.22. The lowest BCUT2D eigenvalue weighted by atomic mass is 10.2. The number of esters is 1. The van der Waals surface area contributed by atoms with Gasteiger partial charge in [-0.05, 0) is 31.9 Å². The molecule has 1 fully saturated rings. The van der Waals surface area contributed by atoms with Crippen LogP contribution >= 0.6 is 0 Å². The molecule has 0 radical (unpaired) electrons. The van der Waals surface area contributed by atoms with Crippen LogP contribution in [0.3, 0.4) is 0 Å². The van der Waals surface area contributed by atoms with Crippen LogP contribution in [0.1, 0.15) is 49.9 Å². The Labute approximate surface area is 155 Å². The van der Waals surface area contributed by atoms with Crippen molar-refractivity contribution in [3.63, 3.8) is 0 Å². The predicted octanol–water partition coefficient (Wildman–Crippen LogP) is 2.13. The van der Waals surface area contributed by atoms with Gasteiger partial charge in [0.15, 0.2) is 6.10 Å². The van der Waals surface area contributed by atoms with Crippen molar-refractivity contribution in [3.05, 3.63) is 29.8 Å². The van der Waals surface area contributed by atoms with E-state index in [4.69, 9.17) is 4.74 Å². The summed E-state index contributed by atoms with van der Waals surface area (Å²) in [5.41, 5.74) is 0.155. The molecule has 7 nitrogen and oxygen atoms in total. The molecule has 2 rings (SSSR count). The number of amides is 3. The molecule has 0 heterocycles. The number of hydrogen-bond acceptors (Lipinski definition) is 5. The van der Waals surface area contributed by atoms with Gasteiger partial charge < -0.3 is 10.1 Å². The van der Waals surface area contributed by atoms with Gasteiger partial charge in [0.1, 0.15) is 0 Å². The van der Waals surface area contributed by atoms with Crippen molar-refractivity contribution in [2.45, 2.75) is 56.6 Å². The van der Waals surface area contributed by atoms with E-state index < -0.39 is 34.8 Å². The molecule has 0 aliphatic heterocycles. The van der Waals surface area contributed by atoms with Gasteiger partial charge in [-0.2, -0.15) is 0 Å². The predicted molar refractivity (Wildman–Crippen MR) is 97.2 cm³/mol. The Morgan fingerprint density at radius 1 is 1.23 bits per heavy atom. The number of rotatable bonds is 6. The Bertz CT molecular complexity index is 701. The molecule has 0 bridgehead atoms. The normalized spacial score (nSPS) is 16.5. The van der Waals surface area contributed by atoms with Crippen molar-refractivity contribution < 1.29 is 23.3 Å². The first-order valence-electron chi connectivity index (χ1n) is 8.72. The summed E-state index contributed by atoms with van der Waals surface area (Å²) in [5.74, 6) is -1.09. The Morgan fingerprint density at radius 2 is 1.88 bits per heavy atom. The smallest absolute Gasteiger partial charge is 0.340 e. The van der Waals surface area contributed by atoms with Crippen LogP contribution in [0.5, 0.6) is 0 Å². The summed E-state index contributed by atoms with van der Waals surface area (Å²) in [5, 5.41) is 4.92. The van der Waals surface area contributed by atoms with Crippen LogP contribution in [0.4, 0.5) is 4.79 Å². The van der Waals surface area contributed by atoms with Crippen molar-refractivity contribution in [2.24, 2.45) is 0 Å². The van der Waals surface area contributed by atoms with E-state index in [0.717, 1.165) is 25.7 Å². The van der Waals surface area contributed by atoms with E-state index in [2.05, 4.69) is 10.6 Å². The highest BCUT2D eigenvalue weighted by molar-refractivity contribution is 7.85. The van der Waals surface area contributed by atoms with E-state index in [1.54, 1.807) is 25.1 Å². The second kappa shape index (κ2) is 9.47. The highest BCUT2D eigenvalue weighted by atomic mass is 32.2. The number of ether oxygens (including phenoxy) is 1. The number of carbonyl (C=O) groups excluding carboxylic acids is 3. The average Bonchev–Trinajstić information content (AvgIpc) is 3.13. The van der Waals surface area contributed by atoms with Crippen LogP contribution in [-0.4, -0.2) is 40.0 Å². The molecule has 1 aliphatic rings. The van der Waals surface area contributed by atoms with Crippen LogP contribution < -0.4 is 10.6 Å². The van der Waals surface area contributed by atoms with Gasteiger partial charge in [0.05, 0.1) is 21.3 Å². The highest BCUT2D eigenvalue weighted by Gasteiger charge is 2.24. The summed E-state index contributed by atoms with van der Waals surface area (Å²) in [6, 6.07) is 5.91. The van der Waals surface area contributed by atoms with Crippen molar-refractivity contribution in [1.82, 2.24) is 10.6 Å². The van der Waals surface area contributed by atoms with Crippen LogP contribution in [0, 0.1) is 0 Å². The van der Waals surface area contributed by atoms with E-state index in [1.165, 1.54) is 13.0 Å². The first-order chi connectivity index (χ1) is 12.4. The molecule has 0 saturated heterocycles. The standard InChI is InChI=1S/C18H24N2O5S/c1-3-26(24)15-11-7-6-10-14(15)17(22)25-12(2)16(21)20-18(23)19-13-8-4-5-9-13/h6-7,10-13H,3-5,8-9H2,1-2H3,(H2,19,20,21,23)/t12-,26-/m0/s1. The molecule has 142 valence electrons. The molecule has 0 spiro atoms. The lowest BCUT2D eigenvalue weighted by Crippen LogP contribution is -2.47. The van der Waals surface area contributed by atoms with E-state index >= 15 is 0 Å². The van der Waals surface area contributed by atoms with E-state index in [9.17, 15) is 18.6 Å². The SMILES string of the molecule is CC[S@](=O)c1ccccc1C(=O)O[C@@H](C)C(=O)NC(=O)NC1CCCC1. The summed E-state index contributed by atoms with van der Waals surface area (Å²) >= 11 is 0. The number of urea groups is 1. The fourth-order valence-corrected chi connectivity index (χ4v) is 3.71. The number of benzene rings is 1. The molecule has 1 saturated carbocycles. The first-order valence-corrected chi connectivity index (χ1v) is 10.0.